The Morgan fingerprint density at radius 3 is 1.72 bits per heavy atom. The lowest BCUT2D eigenvalue weighted by molar-refractivity contribution is 0.126. The van der Waals surface area contributed by atoms with Gasteiger partial charge < -0.3 is 10.4 Å². The van der Waals surface area contributed by atoms with Crippen LogP contribution in [0.4, 0.5) is 38.5 Å². The molecule has 2 aliphatic heterocycles. The summed E-state index contributed by atoms with van der Waals surface area (Å²) in [4.78, 5) is 48.9. The zero-order valence-electron chi connectivity index (χ0n) is 28.7. The average Bonchev–Trinajstić information content (AvgIpc) is 3.09. The van der Waals surface area contributed by atoms with Crippen LogP contribution >= 0.6 is 0 Å². The Morgan fingerprint density at radius 2 is 1.22 bits per heavy atom. The molecule has 262 valence electrons. The number of aryl methyl sites for hydroxylation is 2. The molecule has 0 unspecified atom stereocenters. The van der Waals surface area contributed by atoms with E-state index in [2.05, 4.69) is 25.3 Å². The van der Waals surface area contributed by atoms with Gasteiger partial charge in [0.15, 0.2) is 0 Å². The molecule has 0 radical (unpaired) electrons. The number of hydrogen-bond acceptors (Lipinski definition) is 10. The van der Waals surface area contributed by atoms with Crippen LogP contribution < -0.4 is 24.9 Å². The van der Waals surface area contributed by atoms with Gasteiger partial charge in [-0.3, -0.25) is 19.6 Å². The first-order valence-corrected chi connectivity index (χ1v) is 18.3. The van der Waals surface area contributed by atoms with Crippen LogP contribution in [0.3, 0.4) is 0 Å². The third-order valence-electron chi connectivity index (χ3n) is 9.16. The molecule has 2 aromatic carbocycles. The van der Waals surface area contributed by atoms with Gasteiger partial charge in [-0.25, -0.2) is 33.0 Å². The van der Waals surface area contributed by atoms with Crippen molar-refractivity contribution in [3.63, 3.8) is 0 Å². The fraction of sp³-hybridized carbons (Fsp3) is 0.371. The minimum Gasteiger partial charge on any atom is -0.393 e. The zero-order valence-corrected chi connectivity index (χ0v) is 29.6. The van der Waals surface area contributed by atoms with E-state index in [0.29, 0.717) is 36.2 Å². The number of nitrogens with one attached hydrogen (secondary N) is 1. The molecule has 2 aromatic heterocycles. The number of nitrogens with zero attached hydrogens (tertiary/aromatic N) is 8. The topological polar surface area (TPSA) is 165 Å². The Kier molecular flexibility index (Phi) is 9.71. The first-order valence-electron chi connectivity index (χ1n) is 16.4. The van der Waals surface area contributed by atoms with Crippen molar-refractivity contribution in [2.45, 2.75) is 69.9 Å². The van der Waals surface area contributed by atoms with Crippen molar-refractivity contribution < 1.29 is 23.1 Å². The third-order valence-corrected chi connectivity index (χ3v) is 10.0. The van der Waals surface area contributed by atoms with Gasteiger partial charge in [0.1, 0.15) is 11.6 Å². The molecule has 0 saturated heterocycles. The van der Waals surface area contributed by atoms with E-state index in [1.54, 1.807) is 35.0 Å². The quantitative estimate of drug-likeness (QED) is 0.276. The molecular weight excluding hydrogens is 659 g/mol. The van der Waals surface area contributed by atoms with Gasteiger partial charge in [0.05, 0.1) is 19.2 Å². The number of benzene rings is 2. The number of para-hydroxylation sites is 2. The summed E-state index contributed by atoms with van der Waals surface area (Å²) in [5, 5.41) is 12.7. The molecule has 0 spiro atoms. The monoisotopic (exact) mass is 699 g/mol. The van der Waals surface area contributed by atoms with Crippen molar-refractivity contribution in [3.05, 3.63) is 83.2 Å². The van der Waals surface area contributed by atoms with Crippen LogP contribution in [0.1, 0.15) is 47.9 Å². The number of carbonyl (C=O) groups is 2. The molecule has 4 heterocycles. The van der Waals surface area contributed by atoms with Crippen LogP contribution in [-0.4, -0.2) is 78.0 Å². The number of aliphatic hydroxyl groups is 1. The second kappa shape index (κ2) is 14.0. The maximum absolute atomic E-state index is 12.9. The summed E-state index contributed by atoms with van der Waals surface area (Å²) in [5.74, 6) is 1.52. The molecule has 15 heteroatoms. The van der Waals surface area contributed by atoms with Crippen LogP contribution in [0.5, 0.6) is 0 Å². The van der Waals surface area contributed by atoms with E-state index in [9.17, 15) is 23.1 Å². The van der Waals surface area contributed by atoms with Crippen molar-refractivity contribution in [2.24, 2.45) is 0 Å². The van der Waals surface area contributed by atoms with Crippen LogP contribution in [-0.2, 0) is 22.9 Å². The number of hydrogen-bond donors (Lipinski definition) is 2. The molecule has 2 N–H and O–H groups in total. The number of carbonyl (C=O) groups excluding carboxylic acids is 2. The maximum Gasteiger partial charge on any atom is 0.330 e. The van der Waals surface area contributed by atoms with Crippen LogP contribution in [0.2, 0.25) is 0 Å². The minimum atomic E-state index is -3.52. The van der Waals surface area contributed by atoms with Crippen LogP contribution in [0, 0.1) is 13.8 Å². The van der Waals surface area contributed by atoms with Crippen molar-refractivity contribution >= 4 is 50.9 Å². The molecule has 1 saturated carbocycles. The lowest BCUT2D eigenvalue weighted by atomic mass is 9.93. The summed E-state index contributed by atoms with van der Waals surface area (Å²) >= 11 is 0. The smallest absolute Gasteiger partial charge is 0.330 e. The molecule has 7 rings (SSSR count). The number of anilines is 5. The molecule has 4 amide bonds. The lowest BCUT2D eigenvalue weighted by Crippen LogP contribution is -2.46. The highest BCUT2D eigenvalue weighted by molar-refractivity contribution is 7.90. The zero-order chi connectivity index (χ0) is 35.7. The minimum absolute atomic E-state index is 0.0951. The van der Waals surface area contributed by atoms with Crippen LogP contribution in [0.15, 0.2) is 66.1 Å². The van der Waals surface area contributed by atoms with Gasteiger partial charge in [-0.2, -0.15) is 4.98 Å². The van der Waals surface area contributed by atoms with Gasteiger partial charge in [0.2, 0.25) is 20.9 Å². The number of fused-ring (bicyclic) bond motifs is 2. The lowest BCUT2D eigenvalue weighted by Gasteiger charge is -2.35. The number of aliphatic hydroxyl groups excluding tert-OH is 1. The van der Waals surface area contributed by atoms with E-state index in [4.69, 9.17) is 0 Å². The molecule has 0 atom stereocenters. The molecule has 0 bridgehead atoms. The molecule has 4 aromatic rings. The fourth-order valence-electron chi connectivity index (χ4n) is 6.36. The summed E-state index contributed by atoms with van der Waals surface area (Å²) in [6, 6.07) is 15.4. The van der Waals surface area contributed by atoms with Crippen molar-refractivity contribution in [1.29, 1.82) is 0 Å². The highest BCUT2D eigenvalue weighted by atomic mass is 32.2. The second-order valence-electron chi connectivity index (χ2n) is 12.9. The van der Waals surface area contributed by atoms with E-state index in [0.717, 1.165) is 60.0 Å². The summed E-state index contributed by atoms with van der Waals surface area (Å²) in [6.45, 7) is 4.69. The Morgan fingerprint density at radius 1 is 0.740 bits per heavy atom. The molecule has 14 nitrogen and oxygen atoms in total. The Balaban J connectivity index is 0.000000175. The van der Waals surface area contributed by atoms with Crippen molar-refractivity contribution in [3.8, 4) is 0 Å². The molecule has 50 heavy (non-hydrogen) atoms. The highest BCUT2D eigenvalue weighted by Crippen LogP contribution is 2.33. The van der Waals surface area contributed by atoms with Crippen molar-refractivity contribution in [2.75, 3.05) is 45.3 Å². The molecule has 3 aliphatic rings. The van der Waals surface area contributed by atoms with Gasteiger partial charge in [-0.1, -0.05) is 36.4 Å². The first-order chi connectivity index (χ1) is 23.8. The number of rotatable bonds is 5. The Labute approximate surface area is 291 Å². The van der Waals surface area contributed by atoms with E-state index >= 15 is 0 Å². The van der Waals surface area contributed by atoms with Crippen molar-refractivity contribution in [1.82, 2.24) is 19.9 Å². The van der Waals surface area contributed by atoms with Gasteiger partial charge >= 0.3 is 12.1 Å². The number of amides is 4. The van der Waals surface area contributed by atoms with E-state index in [-0.39, 0.29) is 29.4 Å². The summed E-state index contributed by atoms with van der Waals surface area (Å²) in [5.41, 5.74) is 5.37. The number of aromatic nitrogens is 4. The van der Waals surface area contributed by atoms with Gasteiger partial charge in [0.25, 0.3) is 0 Å². The maximum atomic E-state index is 12.9. The SMILES string of the molecule is Cc1ccccc1N1Cc2cnc(NC3CCC(O)CC3)nc2N(C)C1=O.Cc1ccccc1N1Cc2cnc(S(C)(=O)=O)nc2N(C)C1=O. The first kappa shape index (κ1) is 34.7. The predicted octanol–water partition coefficient (Wildman–Crippen LogP) is 4.84. The molecule has 1 fully saturated rings. The Hall–Kier alpha value is -5.15. The van der Waals surface area contributed by atoms with E-state index < -0.39 is 9.84 Å². The normalized spacial score (nSPS) is 19.0. The van der Waals surface area contributed by atoms with Crippen LogP contribution in [0.25, 0.3) is 0 Å². The number of urea groups is 2. The van der Waals surface area contributed by atoms with E-state index in [1.165, 1.54) is 11.1 Å². The standard InChI is InChI=1S/C20H25N5O2.C15H16N4O3S/c1-13-5-3-4-6-17(13)25-12-14-11-21-19(23-18(14)24(2)20(25)27)22-15-7-9-16(26)10-8-15;1-10-6-4-5-7-12(10)19-9-11-8-16-14(23(3,21)22)17-13(11)18(2)15(19)20/h3-6,11,15-16,26H,7-10,12H2,1-2H3,(H,21,22,23);4-8H,9H2,1-3H3. The molecule has 1 aliphatic carbocycles. The number of sulfone groups is 1. The Bertz CT molecular complexity index is 2030. The average molecular weight is 700 g/mol. The summed E-state index contributed by atoms with van der Waals surface area (Å²) in [6.07, 6.45) is 7.51. The predicted molar refractivity (Wildman–Crippen MR) is 191 cm³/mol. The fourth-order valence-corrected chi connectivity index (χ4v) is 6.86. The van der Waals surface area contributed by atoms with Gasteiger partial charge in [-0.05, 0) is 62.8 Å². The summed E-state index contributed by atoms with van der Waals surface area (Å²) < 4.78 is 23.2. The largest absolute Gasteiger partial charge is 0.393 e. The highest BCUT2D eigenvalue weighted by Gasteiger charge is 2.33. The van der Waals surface area contributed by atoms with Gasteiger partial charge in [0, 0.05) is 61.3 Å². The second-order valence-corrected chi connectivity index (χ2v) is 14.8. The molecular formula is C35H41N9O5S. The summed E-state index contributed by atoms with van der Waals surface area (Å²) in [7, 11) is -0.200. The van der Waals surface area contributed by atoms with E-state index in [1.807, 2.05) is 62.4 Å². The third kappa shape index (κ3) is 7.09. The van der Waals surface area contributed by atoms with Gasteiger partial charge in [-0.15, -0.1) is 0 Å².